The predicted octanol–water partition coefficient (Wildman–Crippen LogP) is 4.03. The van der Waals surface area contributed by atoms with Crippen molar-refractivity contribution in [1.29, 1.82) is 0 Å². The van der Waals surface area contributed by atoms with Crippen molar-refractivity contribution < 1.29 is 0 Å². The van der Waals surface area contributed by atoms with Crippen molar-refractivity contribution in [2.24, 2.45) is 0 Å². The summed E-state index contributed by atoms with van der Waals surface area (Å²) in [6.45, 7) is 0. The number of fused-ring (bicyclic) bond motifs is 1. The lowest BCUT2D eigenvalue weighted by molar-refractivity contribution is 1.47. The maximum atomic E-state index is 6.04. The lowest BCUT2D eigenvalue weighted by Gasteiger charge is -1.95. The average molecular weight is 277 g/mol. The molecule has 2 aromatic rings. The van der Waals surface area contributed by atoms with Crippen molar-refractivity contribution in [3.8, 4) is 0 Å². The Balaban J connectivity index is 2.75. The number of thiophene rings is 1. The second kappa shape index (κ2) is 3.48. The molecule has 1 heterocycles. The molecule has 0 radical (unpaired) electrons. The number of hydrogen-bond acceptors (Lipinski definition) is 2. The molecule has 0 atom stereocenters. The van der Waals surface area contributed by atoms with Crippen LogP contribution in [-0.4, -0.2) is 0 Å². The van der Waals surface area contributed by atoms with Crippen molar-refractivity contribution in [2.45, 2.75) is 5.33 Å². The number of nitrogens with two attached hydrogens (primary N) is 1. The Bertz CT molecular complexity index is 452. The molecule has 0 bridgehead atoms. The molecule has 0 spiro atoms. The van der Waals surface area contributed by atoms with Gasteiger partial charge in [0.2, 0.25) is 0 Å². The number of halogens is 2. The van der Waals surface area contributed by atoms with Crippen LogP contribution in [0.5, 0.6) is 0 Å². The van der Waals surface area contributed by atoms with E-state index in [1.165, 1.54) is 16.9 Å². The summed E-state index contributed by atoms with van der Waals surface area (Å²) in [5.41, 5.74) is 6.93. The summed E-state index contributed by atoms with van der Waals surface area (Å²) in [4.78, 5) is 0. The molecule has 2 rings (SSSR count). The fourth-order valence-electron chi connectivity index (χ4n) is 1.22. The zero-order valence-electron chi connectivity index (χ0n) is 6.68. The van der Waals surface area contributed by atoms with Crippen molar-refractivity contribution in [3.63, 3.8) is 0 Å². The van der Waals surface area contributed by atoms with Crippen molar-refractivity contribution in [3.05, 3.63) is 28.8 Å². The van der Waals surface area contributed by atoms with Crippen molar-refractivity contribution >= 4 is 54.0 Å². The van der Waals surface area contributed by atoms with Gasteiger partial charge in [-0.2, -0.15) is 0 Å². The molecule has 1 aromatic heterocycles. The fraction of sp³-hybridized carbons (Fsp3) is 0.111. The molecular weight excluding hydrogens is 270 g/mol. The highest BCUT2D eigenvalue weighted by Gasteiger charge is 2.07. The Morgan fingerprint density at radius 3 is 2.92 bits per heavy atom. The third-order valence-electron chi connectivity index (χ3n) is 1.87. The smallest absolute Gasteiger partial charge is 0.106 e. The molecule has 13 heavy (non-hydrogen) atoms. The summed E-state index contributed by atoms with van der Waals surface area (Å²) in [7, 11) is 0. The molecule has 0 saturated heterocycles. The van der Waals surface area contributed by atoms with Crippen LogP contribution in [0.1, 0.15) is 5.56 Å². The molecule has 4 heteroatoms. The summed E-state index contributed by atoms with van der Waals surface area (Å²) in [5, 5.41) is 3.28. The largest absolute Gasteiger partial charge is 0.389 e. The van der Waals surface area contributed by atoms with Gasteiger partial charge in [-0.05, 0) is 17.7 Å². The molecule has 0 amide bonds. The van der Waals surface area contributed by atoms with Crippen molar-refractivity contribution in [2.75, 3.05) is 5.73 Å². The van der Waals surface area contributed by atoms with Crippen LogP contribution < -0.4 is 5.73 Å². The average Bonchev–Trinajstić information content (AvgIpc) is 2.43. The maximum absolute atomic E-state index is 6.04. The molecule has 2 N–H and O–H groups in total. The first-order valence-electron chi connectivity index (χ1n) is 3.74. The van der Waals surface area contributed by atoms with Crippen LogP contribution in [0, 0.1) is 0 Å². The Morgan fingerprint density at radius 1 is 1.46 bits per heavy atom. The summed E-state index contributed by atoms with van der Waals surface area (Å²) >= 11 is 11.0. The van der Waals surface area contributed by atoms with Gasteiger partial charge in [-0.15, -0.1) is 11.3 Å². The third-order valence-corrected chi connectivity index (χ3v) is 4.04. The van der Waals surface area contributed by atoms with E-state index in [2.05, 4.69) is 34.1 Å². The van der Waals surface area contributed by atoms with Gasteiger partial charge in [0.25, 0.3) is 0 Å². The van der Waals surface area contributed by atoms with Crippen LogP contribution in [0.4, 0.5) is 5.00 Å². The van der Waals surface area contributed by atoms with Gasteiger partial charge in [0.15, 0.2) is 0 Å². The summed E-state index contributed by atoms with van der Waals surface area (Å²) in [6.07, 6.45) is 0. The molecule has 0 aliphatic heterocycles. The first-order chi connectivity index (χ1) is 6.22. The zero-order valence-corrected chi connectivity index (χ0v) is 9.84. The van der Waals surface area contributed by atoms with Crippen molar-refractivity contribution in [1.82, 2.24) is 0 Å². The summed E-state index contributed by atoms with van der Waals surface area (Å²) < 4.78 is 1.15. The minimum Gasteiger partial charge on any atom is -0.389 e. The first kappa shape index (κ1) is 9.31. The van der Waals surface area contributed by atoms with Gasteiger partial charge in [0.05, 0.1) is 5.02 Å². The van der Waals surface area contributed by atoms with Gasteiger partial charge >= 0.3 is 0 Å². The molecule has 0 unspecified atom stereocenters. The van der Waals surface area contributed by atoms with Crippen LogP contribution in [0.25, 0.3) is 10.1 Å². The SMILES string of the molecule is Nc1sc2ccc(CBr)cc2c1Cl. The maximum Gasteiger partial charge on any atom is 0.106 e. The van der Waals surface area contributed by atoms with E-state index in [-0.39, 0.29) is 0 Å². The second-order valence-corrected chi connectivity index (χ2v) is 4.77. The molecule has 1 nitrogen and oxygen atoms in total. The third kappa shape index (κ3) is 1.56. The molecule has 0 saturated carbocycles. The number of anilines is 1. The monoisotopic (exact) mass is 275 g/mol. The Labute approximate surface area is 93.6 Å². The summed E-state index contributed by atoms with van der Waals surface area (Å²) in [5.74, 6) is 0. The Hall–Kier alpha value is -0.250. The van der Waals surface area contributed by atoms with E-state index in [4.69, 9.17) is 17.3 Å². The standard InChI is InChI=1S/C9H7BrClNS/c10-4-5-1-2-7-6(3-5)8(11)9(12)13-7/h1-3H,4,12H2. The van der Waals surface area contributed by atoms with Crippen LogP contribution in [0.2, 0.25) is 5.02 Å². The van der Waals surface area contributed by atoms with Gasteiger partial charge < -0.3 is 5.73 Å². The van der Waals surface area contributed by atoms with Crippen LogP contribution in [-0.2, 0) is 5.33 Å². The highest BCUT2D eigenvalue weighted by Crippen LogP contribution is 2.37. The minimum atomic E-state index is 0.683. The van der Waals surface area contributed by atoms with Gasteiger partial charge in [-0.25, -0.2) is 0 Å². The van der Waals surface area contributed by atoms with E-state index < -0.39 is 0 Å². The highest BCUT2D eigenvalue weighted by atomic mass is 79.9. The molecule has 0 aliphatic carbocycles. The van der Waals surface area contributed by atoms with E-state index >= 15 is 0 Å². The Morgan fingerprint density at radius 2 is 2.23 bits per heavy atom. The van der Waals surface area contributed by atoms with Gasteiger partial charge in [-0.3, -0.25) is 0 Å². The minimum absolute atomic E-state index is 0.683. The molecular formula is C9H7BrClNS. The topological polar surface area (TPSA) is 26.0 Å². The van der Waals surface area contributed by atoms with Crippen LogP contribution >= 0.6 is 38.9 Å². The number of nitrogen functional groups attached to an aromatic ring is 1. The second-order valence-electron chi connectivity index (χ2n) is 2.74. The van der Waals surface area contributed by atoms with E-state index in [0.29, 0.717) is 10.0 Å². The number of alkyl halides is 1. The predicted molar refractivity (Wildman–Crippen MR) is 63.9 cm³/mol. The van der Waals surface area contributed by atoms with Gasteiger partial charge in [0, 0.05) is 15.4 Å². The van der Waals surface area contributed by atoms with Gasteiger partial charge in [-0.1, -0.05) is 33.6 Å². The van der Waals surface area contributed by atoms with Crippen LogP contribution in [0.15, 0.2) is 18.2 Å². The molecule has 0 fully saturated rings. The lowest BCUT2D eigenvalue weighted by atomic mass is 10.2. The lowest BCUT2D eigenvalue weighted by Crippen LogP contribution is -1.77. The zero-order chi connectivity index (χ0) is 9.42. The summed E-state index contributed by atoms with van der Waals surface area (Å²) in [6, 6.07) is 6.20. The molecule has 68 valence electrons. The highest BCUT2D eigenvalue weighted by molar-refractivity contribution is 9.08. The Kier molecular flexibility index (Phi) is 2.49. The van der Waals surface area contributed by atoms with E-state index in [1.807, 2.05) is 0 Å². The van der Waals surface area contributed by atoms with E-state index in [1.54, 1.807) is 0 Å². The van der Waals surface area contributed by atoms with E-state index in [0.717, 1.165) is 15.4 Å². The fourth-order valence-corrected chi connectivity index (χ4v) is 2.74. The molecule has 0 aliphatic rings. The molecule has 1 aromatic carbocycles. The first-order valence-corrected chi connectivity index (χ1v) is 6.06. The normalized spacial score (nSPS) is 10.9. The van der Waals surface area contributed by atoms with Gasteiger partial charge in [0.1, 0.15) is 5.00 Å². The number of benzene rings is 1. The van der Waals surface area contributed by atoms with E-state index in [9.17, 15) is 0 Å². The number of hydrogen-bond donors (Lipinski definition) is 1. The quantitative estimate of drug-likeness (QED) is 0.782. The number of rotatable bonds is 1. The van der Waals surface area contributed by atoms with Crippen LogP contribution in [0.3, 0.4) is 0 Å².